The maximum absolute atomic E-state index is 13.2. The molecule has 0 aliphatic carbocycles. The molecule has 1 fully saturated rings. The average Bonchev–Trinajstić information content (AvgIpc) is 3.44. The van der Waals surface area contributed by atoms with Gasteiger partial charge in [0, 0.05) is 30.5 Å². The SMILES string of the molecule is Cc1cc(=O)c2c(O)c3c(cc2o1)OC(C)(C)[C@H](OC(=O)[C@@]1(C)O[C@@H]1Cc1cccc(C(N)N)c1)C3. The minimum atomic E-state index is -1.11. The van der Waals surface area contributed by atoms with E-state index in [0.29, 0.717) is 23.5 Å². The number of carbonyl (C=O) groups excluding carboxylic acids is 1. The molecular formula is C27H30N2O7. The molecule has 0 bridgehead atoms. The Morgan fingerprint density at radius 3 is 2.69 bits per heavy atom. The summed E-state index contributed by atoms with van der Waals surface area (Å²) in [5, 5.41) is 11.0. The number of fused-ring (bicyclic) bond motifs is 2. The van der Waals surface area contributed by atoms with Crippen LogP contribution in [0.4, 0.5) is 0 Å². The van der Waals surface area contributed by atoms with E-state index in [1.165, 1.54) is 6.07 Å². The number of nitrogens with two attached hydrogens (primary N) is 2. The number of ether oxygens (including phenoxy) is 3. The molecule has 2 aromatic carbocycles. The molecule has 9 nitrogen and oxygen atoms in total. The molecule has 0 unspecified atom stereocenters. The molecule has 1 saturated heterocycles. The minimum Gasteiger partial charge on any atom is -0.507 e. The van der Waals surface area contributed by atoms with E-state index in [0.717, 1.165) is 11.1 Å². The Morgan fingerprint density at radius 2 is 1.97 bits per heavy atom. The fourth-order valence-corrected chi connectivity index (χ4v) is 4.76. The van der Waals surface area contributed by atoms with Crippen molar-refractivity contribution in [2.75, 3.05) is 0 Å². The van der Waals surface area contributed by atoms with Crippen LogP contribution in [0, 0.1) is 6.92 Å². The first kappa shape index (κ1) is 24.3. The van der Waals surface area contributed by atoms with Crippen LogP contribution in [0.3, 0.4) is 0 Å². The first-order chi connectivity index (χ1) is 16.9. The van der Waals surface area contributed by atoms with E-state index in [1.54, 1.807) is 33.8 Å². The molecular weight excluding hydrogens is 464 g/mol. The van der Waals surface area contributed by atoms with Crippen LogP contribution in [0.2, 0.25) is 0 Å². The Bertz CT molecular complexity index is 1430. The zero-order chi connectivity index (χ0) is 26.0. The Balaban J connectivity index is 1.35. The second-order valence-electron chi connectivity index (χ2n) is 10.3. The molecule has 2 aliphatic rings. The van der Waals surface area contributed by atoms with Crippen molar-refractivity contribution in [1.29, 1.82) is 0 Å². The van der Waals surface area contributed by atoms with Crippen LogP contribution in [0.25, 0.3) is 11.0 Å². The summed E-state index contributed by atoms with van der Waals surface area (Å²) >= 11 is 0. The summed E-state index contributed by atoms with van der Waals surface area (Å²) in [6.45, 7) is 6.96. The fourth-order valence-electron chi connectivity index (χ4n) is 4.76. The number of aromatic hydroxyl groups is 1. The Morgan fingerprint density at radius 1 is 1.22 bits per heavy atom. The molecule has 36 heavy (non-hydrogen) atoms. The van der Waals surface area contributed by atoms with Crippen molar-refractivity contribution in [2.45, 2.75) is 70.1 Å². The van der Waals surface area contributed by atoms with Gasteiger partial charge in [-0.05, 0) is 38.8 Å². The highest BCUT2D eigenvalue weighted by molar-refractivity contribution is 5.87. The van der Waals surface area contributed by atoms with Crippen LogP contribution in [0.1, 0.15) is 49.4 Å². The zero-order valence-electron chi connectivity index (χ0n) is 20.7. The van der Waals surface area contributed by atoms with Crippen molar-refractivity contribution in [1.82, 2.24) is 0 Å². The van der Waals surface area contributed by atoms with Gasteiger partial charge in [0.05, 0.1) is 6.17 Å². The van der Waals surface area contributed by atoms with E-state index in [-0.39, 0.29) is 34.7 Å². The Kier molecular flexibility index (Phi) is 5.62. The van der Waals surface area contributed by atoms with Crippen molar-refractivity contribution in [3.8, 4) is 11.5 Å². The smallest absolute Gasteiger partial charge is 0.341 e. The van der Waals surface area contributed by atoms with Crippen molar-refractivity contribution < 1.29 is 28.5 Å². The van der Waals surface area contributed by atoms with Gasteiger partial charge in [0.1, 0.15) is 46.0 Å². The third kappa shape index (κ3) is 4.13. The summed E-state index contributed by atoms with van der Waals surface area (Å²) < 4.78 is 23.4. The summed E-state index contributed by atoms with van der Waals surface area (Å²) in [6.07, 6.45) is -0.998. The van der Waals surface area contributed by atoms with Crippen LogP contribution < -0.4 is 21.6 Å². The fraction of sp³-hybridized carbons (Fsp3) is 0.407. The molecule has 3 heterocycles. The topological polar surface area (TPSA) is 151 Å². The standard InChI is InChI=1S/C27H30N2O7/c1-13-8-17(30)22-19(33-13)12-18-16(23(22)31)11-20(26(2,3)35-18)34-25(32)27(4)21(36-27)10-14-6-5-7-15(9-14)24(28)29/h5-9,12,20-21,24,31H,10-11,28-29H2,1-4H3/t20-,21-,27+/m1/s1. The Hall–Kier alpha value is -3.40. The first-order valence-corrected chi connectivity index (χ1v) is 11.9. The largest absolute Gasteiger partial charge is 0.507 e. The zero-order valence-corrected chi connectivity index (χ0v) is 20.7. The van der Waals surface area contributed by atoms with Gasteiger partial charge in [-0.2, -0.15) is 0 Å². The van der Waals surface area contributed by atoms with Crippen LogP contribution in [0.5, 0.6) is 11.5 Å². The van der Waals surface area contributed by atoms with Crippen LogP contribution in [-0.2, 0) is 27.1 Å². The van der Waals surface area contributed by atoms with Crippen molar-refractivity contribution in [3.63, 3.8) is 0 Å². The third-order valence-corrected chi connectivity index (χ3v) is 7.07. The van der Waals surface area contributed by atoms with Crippen molar-refractivity contribution in [3.05, 3.63) is 69.1 Å². The number of carbonyl (C=O) groups is 1. The van der Waals surface area contributed by atoms with Gasteiger partial charge in [-0.3, -0.25) is 4.79 Å². The molecule has 2 aliphatic heterocycles. The van der Waals surface area contributed by atoms with Crippen LogP contribution in [-0.4, -0.2) is 34.5 Å². The highest BCUT2D eigenvalue weighted by atomic mass is 16.7. The summed E-state index contributed by atoms with van der Waals surface area (Å²) in [5.74, 6) is 0.0756. The van der Waals surface area contributed by atoms with E-state index in [2.05, 4.69) is 0 Å². The minimum absolute atomic E-state index is 0.0738. The predicted molar refractivity (Wildman–Crippen MR) is 132 cm³/mol. The van der Waals surface area contributed by atoms with Gasteiger partial charge in [-0.25, -0.2) is 4.79 Å². The van der Waals surface area contributed by atoms with Crippen LogP contribution in [0.15, 0.2) is 45.6 Å². The molecule has 5 N–H and O–H groups in total. The quantitative estimate of drug-likeness (QED) is 0.276. The lowest BCUT2D eigenvalue weighted by atomic mass is 9.89. The van der Waals surface area contributed by atoms with Gasteiger partial charge in [0.15, 0.2) is 11.0 Å². The lowest BCUT2D eigenvalue weighted by molar-refractivity contribution is -0.166. The summed E-state index contributed by atoms with van der Waals surface area (Å²) in [7, 11) is 0. The molecule has 3 aromatic rings. The van der Waals surface area contributed by atoms with E-state index in [9.17, 15) is 14.7 Å². The van der Waals surface area contributed by atoms with Crippen molar-refractivity contribution >= 4 is 16.9 Å². The van der Waals surface area contributed by atoms with Gasteiger partial charge in [0.2, 0.25) is 0 Å². The second-order valence-corrected chi connectivity index (χ2v) is 10.3. The number of phenols is 1. The highest BCUT2D eigenvalue weighted by Crippen LogP contribution is 2.45. The second kappa shape index (κ2) is 8.33. The lowest BCUT2D eigenvalue weighted by Gasteiger charge is -2.39. The molecule has 5 rings (SSSR count). The van der Waals surface area contributed by atoms with Gasteiger partial charge in [-0.15, -0.1) is 0 Å². The number of benzene rings is 2. The number of epoxide rings is 1. The van der Waals surface area contributed by atoms with Gasteiger partial charge in [0.25, 0.3) is 0 Å². The number of hydrogen-bond acceptors (Lipinski definition) is 9. The average molecular weight is 495 g/mol. The number of esters is 1. The number of rotatable bonds is 5. The third-order valence-electron chi connectivity index (χ3n) is 7.07. The van der Waals surface area contributed by atoms with Crippen LogP contribution >= 0.6 is 0 Å². The number of aryl methyl sites for hydroxylation is 1. The molecule has 190 valence electrons. The Labute approximate surface area is 207 Å². The monoisotopic (exact) mass is 494 g/mol. The summed E-state index contributed by atoms with van der Waals surface area (Å²) in [5.41, 5.74) is 11.6. The maximum Gasteiger partial charge on any atom is 0.341 e. The molecule has 9 heteroatoms. The first-order valence-electron chi connectivity index (χ1n) is 11.9. The number of phenolic OH excluding ortho intramolecular Hbond substituents is 1. The van der Waals surface area contributed by atoms with Gasteiger partial charge < -0.3 is 35.2 Å². The lowest BCUT2D eigenvalue weighted by Crippen LogP contribution is -2.50. The molecule has 0 spiro atoms. The molecule has 0 radical (unpaired) electrons. The summed E-state index contributed by atoms with van der Waals surface area (Å²) in [6, 6.07) is 10.5. The van der Waals surface area contributed by atoms with Crippen molar-refractivity contribution in [2.24, 2.45) is 11.5 Å². The normalized spacial score (nSPS) is 24.3. The molecule has 3 atom stereocenters. The predicted octanol–water partition coefficient (Wildman–Crippen LogP) is 2.75. The van der Waals surface area contributed by atoms with E-state index < -0.39 is 29.4 Å². The number of hydrogen-bond donors (Lipinski definition) is 3. The van der Waals surface area contributed by atoms with Gasteiger partial charge in [-0.1, -0.05) is 24.3 Å². The molecule has 1 aromatic heterocycles. The molecule has 0 amide bonds. The highest BCUT2D eigenvalue weighted by Gasteiger charge is 2.60. The van der Waals surface area contributed by atoms with Gasteiger partial charge >= 0.3 is 5.97 Å². The molecule has 0 saturated carbocycles. The van der Waals surface area contributed by atoms with E-state index >= 15 is 0 Å². The maximum atomic E-state index is 13.2. The summed E-state index contributed by atoms with van der Waals surface area (Å²) in [4.78, 5) is 25.7. The van der Waals surface area contributed by atoms with E-state index in [1.807, 2.05) is 24.3 Å². The van der Waals surface area contributed by atoms with E-state index in [4.69, 9.17) is 30.1 Å².